The van der Waals surface area contributed by atoms with Crippen molar-refractivity contribution in [3.8, 4) is 33.4 Å². The first kappa shape index (κ1) is 78.4. The maximum absolute atomic E-state index is 12.9. The molecule has 0 aliphatic carbocycles. The number of ether oxygens (including phenoxy) is 10. The topological polar surface area (TPSA) is 199 Å². The molecule has 558 valence electrons. The molecule has 3 aliphatic rings. The SMILES string of the molecule is CC.CCOC(=O)c1ccccc1-c1cc(COC2OCc3cc4ccccc4nc32)cc(-c2ccccc2C(=O)OCC)c1.CCOC(=O)c1ccccc1-c1cccc(COC2OCc3cc4ccccc4nc32)c1.CCOC(=O)c1ccccc1I.c1ccc(COC2OCc3cc4ccccc4nc32)cc1. The lowest BCUT2D eigenvalue weighted by Crippen LogP contribution is -2.08. The molecule has 16 rings (SSSR count). The standard InChI is InChI=1S/C36H31NO6.C27H23NO4.C18H15NO2.C9H9IO2.C2H6/c1-3-40-34(38)30-14-8-6-12-28(30)25-17-23(18-26(20-25)29-13-7-9-15-31(29)35(39)41-4-2)21-42-36-33-27(22-43-36)19-24-11-5-10-16-32(24)37-33;1-2-30-26(29)23-12-5-4-11-22(23)19-10-7-8-18(14-19)16-31-27-25-21(17-32-27)15-20-9-3-6-13-24(20)28-25;1-2-6-13(7-3-1)11-20-18-17-15(12-21-18)10-14-8-4-5-9-16(14)19-17;1-2-12-9(11)7-5-3-4-6-8(7)10;1-2/h5-20,36H,3-4,21-22H2,1-2H3;3-15,27H,2,16-17H2,1H3;1-10,18H,11-12H2;3-6H,2H2,1H3;1-2H3. The maximum Gasteiger partial charge on any atom is 0.339 e. The minimum Gasteiger partial charge on any atom is -0.462 e. The number of esters is 4. The lowest BCUT2D eigenvalue weighted by Gasteiger charge is -2.17. The quantitative estimate of drug-likeness (QED) is 0.0396. The number of para-hydroxylation sites is 3. The van der Waals surface area contributed by atoms with E-state index in [2.05, 4.69) is 52.9 Å². The largest absolute Gasteiger partial charge is 0.462 e. The Hall–Kier alpha value is -11.2. The van der Waals surface area contributed by atoms with Crippen LogP contribution in [0.2, 0.25) is 0 Å². The molecule has 3 unspecified atom stereocenters. The van der Waals surface area contributed by atoms with Gasteiger partial charge in [-0.1, -0.05) is 184 Å². The van der Waals surface area contributed by atoms with Gasteiger partial charge in [0.25, 0.3) is 0 Å². The molecule has 13 aromatic rings. The summed E-state index contributed by atoms with van der Waals surface area (Å²) in [5.41, 5.74) is 18.3. The summed E-state index contributed by atoms with van der Waals surface area (Å²) >= 11 is 2.11. The number of carbonyl (C=O) groups excluding carboxylic acids is 4. The van der Waals surface area contributed by atoms with E-state index < -0.39 is 24.5 Å². The van der Waals surface area contributed by atoms with Crippen molar-refractivity contribution in [3.05, 3.63) is 337 Å². The summed E-state index contributed by atoms with van der Waals surface area (Å²) in [6.45, 7) is 15.0. The average Bonchev–Trinajstić information content (AvgIpc) is 1.58. The molecule has 0 radical (unpaired) electrons. The predicted octanol–water partition coefficient (Wildman–Crippen LogP) is 21.0. The molecule has 0 fully saturated rings. The maximum atomic E-state index is 12.9. The summed E-state index contributed by atoms with van der Waals surface area (Å²) in [6.07, 6.45) is -1.49. The molecule has 0 saturated carbocycles. The number of benzene rings is 10. The number of aromatic nitrogens is 3. The van der Waals surface area contributed by atoms with Crippen molar-refractivity contribution in [2.75, 3.05) is 26.4 Å². The van der Waals surface area contributed by atoms with Gasteiger partial charge in [0, 0.05) is 36.4 Å². The van der Waals surface area contributed by atoms with Crippen molar-refractivity contribution in [1.29, 1.82) is 0 Å². The zero-order chi connectivity index (χ0) is 76.7. The number of hydrogen-bond acceptors (Lipinski definition) is 17. The Morgan fingerprint density at radius 2 is 0.655 bits per heavy atom. The number of halogens is 1. The van der Waals surface area contributed by atoms with Crippen LogP contribution in [0.4, 0.5) is 0 Å². The number of rotatable bonds is 20. The first-order valence-electron chi connectivity index (χ1n) is 36.8. The summed E-state index contributed by atoms with van der Waals surface area (Å²) in [5.74, 6) is -1.37. The van der Waals surface area contributed by atoms with Gasteiger partial charge >= 0.3 is 23.9 Å². The number of pyridine rings is 3. The summed E-state index contributed by atoms with van der Waals surface area (Å²) < 4.78 is 57.6. The smallest absolute Gasteiger partial charge is 0.339 e. The molecule has 6 heterocycles. The minimum atomic E-state index is -0.620. The Kier molecular flexibility index (Phi) is 27.6. The molecular formula is C92H84IN3O14. The molecule has 0 bridgehead atoms. The van der Waals surface area contributed by atoms with Crippen LogP contribution in [0, 0.1) is 3.57 Å². The fourth-order valence-corrected chi connectivity index (χ4v) is 13.4. The Morgan fingerprint density at radius 3 is 1.06 bits per heavy atom. The number of carbonyl (C=O) groups is 4. The number of fused-ring (bicyclic) bond motifs is 6. The molecule has 3 aromatic heterocycles. The lowest BCUT2D eigenvalue weighted by molar-refractivity contribution is -0.147. The van der Waals surface area contributed by atoms with E-state index in [0.29, 0.717) is 79.6 Å². The van der Waals surface area contributed by atoms with Gasteiger partial charge < -0.3 is 47.4 Å². The minimum absolute atomic E-state index is 0.211. The molecular weight excluding hydrogens is 1500 g/mol. The van der Waals surface area contributed by atoms with Gasteiger partial charge in [-0.25, -0.2) is 34.1 Å². The van der Waals surface area contributed by atoms with Crippen LogP contribution >= 0.6 is 22.6 Å². The van der Waals surface area contributed by atoms with E-state index in [1.165, 1.54) is 0 Å². The van der Waals surface area contributed by atoms with E-state index in [1.807, 2.05) is 220 Å². The van der Waals surface area contributed by atoms with Crippen LogP contribution in [0.3, 0.4) is 0 Å². The fraction of sp³-hybridized carbons (Fsp3) is 0.207. The monoisotopic (exact) mass is 1580 g/mol. The molecule has 3 aliphatic heterocycles. The Bertz CT molecular complexity index is 5290. The van der Waals surface area contributed by atoms with Gasteiger partial charge in [-0.2, -0.15) is 0 Å². The van der Waals surface area contributed by atoms with Gasteiger partial charge in [-0.15, -0.1) is 0 Å². The summed E-state index contributed by atoms with van der Waals surface area (Å²) in [4.78, 5) is 63.6. The van der Waals surface area contributed by atoms with Crippen molar-refractivity contribution in [3.63, 3.8) is 0 Å². The highest BCUT2D eigenvalue weighted by Gasteiger charge is 2.30. The molecule has 0 spiro atoms. The van der Waals surface area contributed by atoms with Crippen LogP contribution in [-0.4, -0.2) is 65.3 Å². The van der Waals surface area contributed by atoms with E-state index in [1.54, 1.807) is 52.0 Å². The second kappa shape index (κ2) is 38.7. The van der Waals surface area contributed by atoms with Crippen LogP contribution in [0.15, 0.2) is 261 Å². The van der Waals surface area contributed by atoms with E-state index in [4.69, 9.17) is 62.3 Å². The van der Waals surface area contributed by atoms with Gasteiger partial charge in [-0.05, 0) is 191 Å². The molecule has 0 amide bonds. The van der Waals surface area contributed by atoms with E-state index >= 15 is 0 Å². The van der Waals surface area contributed by atoms with Gasteiger partial charge in [0.15, 0.2) is 0 Å². The van der Waals surface area contributed by atoms with E-state index in [9.17, 15) is 19.2 Å². The highest BCUT2D eigenvalue weighted by atomic mass is 127. The van der Waals surface area contributed by atoms with Crippen LogP contribution in [0.1, 0.15) is 152 Å². The van der Waals surface area contributed by atoms with Crippen LogP contribution < -0.4 is 0 Å². The molecule has 10 aromatic carbocycles. The molecule has 18 heteroatoms. The van der Waals surface area contributed by atoms with Crippen LogP contribution in [0.5, 0.6) is 0 Å². The molecule has 17 nitrogen and oxygen atoms in total. The van der Waals surface area contributed by atoms with Crippen molar-refractivity contribution in [2.45, 2.75) is 100 Å². The highest BCUT2D eigenvalue weighted by molar-refractivity contribution is 14.1. The normalized spacial score (nSPS) is 14.2. The predicted molar refractivity (Wildman–Crippen MR) is 432 cm³/mol. The third kappa shape index (κ3) is 19.4. The first-order valence-corrected chi connectivity index (χ1v) is 37.8. The number of hydrogen-bond donors (Lipinski definition) is 0. The van der Waals surface area contributed by atoms with E-state index in [-0.39, 0.29) is 38.0 Å². The molecule has 0 saturated heterocycles. The zero-order valence-corrected chi connectivity index (χ0v) is 64.2. The van der Waals surface area contributed by atoms with Gasteiger partial charge in [-0.3, -0.25) is 0 Å². The Balaban J connectivity index is 0.000000147. The Morgan fingerprint density at radius 1 is 0.336 bits per heavy atom. The van der Waals surface area contributed by atoms with Gasteiger partial charge in [0.2, 0.25) is 18.9 Å². The summed E-state index contributed by atoms with van der Waals surface area (Å²) in [6, 6.07) is 84.0. The van der Waals surface area contributed by atoms with Crippen molar-refractivity contribution < 1.29 is 66.5 Å². The lowest BCUT2D eigenvalue weighted by atomic mass is 9.92. The fourth-order valence-electron chi connectivity index (χ4n) is 12.8. The second-order valence-electron chi connectivity index (χ2n) is 25.1. The third-order valence-corrected chi connectivity index (χ3v) is 18.8. The van der Waals surface area contributed by atoms with Gasteiger partial charge in [0.1, 0.15) is 17.1 Å². The van der Waals surface area contributed by atoms with E-state index in [0.717, 1.165) is 109 Å². The first-order chi connectivity index (χ1) is 53.9. The summed E-state index contributed by atoms with van der Waals surface area (Å²) in [5, 5.41) is 3.30. The van der Waals surface area contributed by atoms with Crippen molar-refractivity contribution in [2.24, 2.45) is 0 Å². The summed E-state index contributed by atoms with van der Waals surface area (Å²) in [7, 11) is 0. The zero-order valence-electron chi connectivity index (χ0n) is 62.1. The Labute approximate surface area is 653 Å². The number of nitrogens with zero attached hydrogens (tertiary/aromatic N) is 3. The molecule has 0 N–H and O–H groups in total. The van der Waals surface area contributed by atoms with Crippen molar-refractivity contribution >= 4 is 79.2 Å². The highest BCUT2D eigenvalue weighted by Crippen LogP contribution is 2.39. The van der Waals surface area contributed by atoms with Crippen LogP contribution in [0.25, 0.3) is 66.1 Å². The molecule has 110 heavy (non-hydrogen) atoms. The second-order valence-corrected chi connectivity index (χ2v) is 26.3. The third-order valence-electron chi connectivity index (χ3n) is 17.9. The van der Waals surface area contributed by atoms with Crippen molar-refractivity contribution in [1.82, 2.24) is 15.0 Å². The van der Waals surface area contributed by atoms with Crippen LogP contribution in [-0.2, 0) is 87.0 Å². The molecule has 3 atom stereocenters. The van der Waals surface area contributed by atoms with Gasteiger partial charge in [0.05, 0.1) is 105 Å². The average molecular weight is 1580 g/mol.